The molecule has 8 aliphatic carbocycles. The molecule has 7 aromatic rings. The molecule has 2 aliphatic heterocycles. The van der Waals surface area contributed by atoms with Crippen molar-refractivity contribution in [1.82, 2.24) is 14.4 Å². The van der Waals surface area contributed by atoms with E-state index in [4.69, 9.17) is 9.97 Å². The maximum absolute atomic E-state index is 5.69. The van der Waals surface area contributed by atoms with Crippen LogP contribution < -0.4 is 4.90 Å². The van der Waals surface area contributed by atoms with Crippen molar-refractivity contribution in [2.75, 3.05) is 4.90 Å². The minimum Gasteiger partial charge on any atom is -0.309 e. The molecule has 7 bridgehead atoms. The summed E-state index contributed by atoms with van der Waals surface area (Å²) in [5.74, 6) is 6.01. The summed E-state index contributed by atoms with van der Waals surface area (Å²) in [6.07, 6.45) is 18.5. The van der Waals surface area contributed by atoms with Crippen molar-refractivity contribution in [3.8, 4) is 0 Å². The zero-order valence-corrected chi connectivity index (χ0v) is 33.8. The smallest absolute Gasteiger partial charge is 0.0728 e. The third kappa shape index (κ3) is 3.12. The monoisotopic (exact) mass is 742 g/mol. The van der Waals surface area contributed by atoms with Crippen LogP contribution in [0.3, 0.4) is 0 Å². The summed E-state index contributed by atoms with van der Waals surface area (Å²) in [5.41, 5.74) is 20.8. The van der Waals surface area contributed by atoms with Crippen molar-refractivity contribution in [2.45, 2.75) is 126 Å². The second-order valence-electron chi connectivity index (χ2n) is 22.2. The van der Waals surface area contributed by atoms with Crippen LogP contribution in [0, 0.1) is 29.1 Å². The fraction of sp³-hybridized carbons (Fsp3) is 0.472. The second-order valence-corrected chi connectivity index (χ2v) is 22.2. The fourth-order valence-electron chi connectivity index (χ4n) is 17.6. The number of hydrogen-bond donors (Lipinski definition) is 0. The molecule has 0 saturated heterocycles. The van der Waals surface area contributed by atoms with Crippen LogP contribution in [-0.2, 0) is 10.8 Å². The molecule has 5 saturated carbocycles. The van der Waals surface area contributed by atoms with Crippen LogP contribution in [0.2, 0.25) is 0 Å². The third-order valence-corrected chi connectivity index (χ3v) is 19.3. The fourth-order valence-corrected chi connectivity index (χ4v) is 17.6. The zero-order chi connectivity index (χ0) is 37.2. The van der Waals surface area contributed by atoms with Gasteiger partial charge in [-0.15, -0.1) is 0 Å². The molecule has 6 heterocycles. The molecule has 4 heteroatoms. The van der Waals surface area contributed by atoms with Crippen molar-refractivity contribution < 1.29 is 0 Å². The van der Waals surface area contributed by atoms with Crippen LogP contribution in [0.15, 0.2) is 60.9 Å². The van der Waals surface area contributed by atoms with E-state index in [0.29, 0.717) is 29.1 Å². The Morgan fingerprint density at radius 2 is 1.07 bits per heavy atom. The van der Waals surface area contributed by atoms with E-state index in [0.717, 1.165) is 23.7 Å². The van der Waals surface area contributed by atoms with Crippen LogP contribution in [0.5, 0.6) is 0 Å². The van der Waals surface area contributed by atoms with E-state index in [1.807, 2.05) is 0 Å². The minimum absolute atomic E-state index is 0.211. The van der Waals surface area contributed by atoms with E-state index >= 15 is 0 Å². The third-order valence-electron chi connectivity index (χ3n) is 19.3. The number of anilines is 3. The molecule has 1 spiro atoms. The Morgan fingerprint density at radius 3 is 1.70 bits per heavy atom. The van der Waals surface area contributed by atoms with Crippen molar-refractivity contribution in [3.05, 3.63) is 106 Å². The van der Waals surface area contributed by atoms with Gasteiger partial charge in [-0.05, 0) is 151 Å². The Hall–Kier alpha value is -4.44. The van der Waals surface area contributed by atoms with E-state index in [1.165, 1.54) is 120 Å². The van der Waals surface area contributed by atoms with Crippen LogP contribution in [-0.4, -0.2) is 14.4 Å². The highest BCUT2D eigenvalue weighted by Crippen LogP contribution is 2.77. The topological polar surface area (TPSA) is 33.4 Å². The number of para-hydroxylation sites is 2. The maximum Gasteiger partial charge on any atom is 0.0728 e. The summed E-state index contributed by atoms with van der Waals surface area (Å²) >= 11 is 0. The highest BCUT2D eigenvalue weighted by molar-refractivity contribution is 6.30. The van der Waals surface area contributed by atoms with Gasteiger partial charge >= 0.3 is 0 Å². The first kappa shape index (κ1) is 30.6. The van der Waals surface area contributed by atoms with Crippen molar-refractivity contribution >= 4 is 55.2 Å². The number of fused-ring (bicyclic) bond motifs is 18. The Labute approximate surface area is 334 Å². The Balaban J connectivity index is 1.17. The van der Waals surface area contributed by atoms with Gasteiger partial charge in [0.2, 0.25) is 0 Å². The van der Waals surface area contributed by atoms with Gasteiger partial charge in [0.25, 0.3) is 0 Å². The summed E-state index contributed by atoms with van der Waals surface area (Å²) in [7, 11) is 0. The van der Waals surface area contributed by atoms with Gasteiger partial charge in [0, 0.05) is 55.6 Å². The molecule has 57 heavy (non-hydrogen) atoms. The molecule has 4 aromatic heterocycles. The lowest BCUT2D eigenvalue weighted by atomic mass is 9.56. The largest absolute Gasteiger partial charge is 0.309 e. The first-order valence-corrected chi connectivity index (χ1v) is 22.8. The SMILES string of the molecule is CC1(C)c2ccccc2N2c3ccccc3C(C)(C)c3c2c1c1c2c4c(ncc2n2c5cnc6c(c5c3c12)C1CC2CC3CC6CC32C1)C1CC2CC(C1)CC4C2. The molecule has 5 fully saturated rings. The number of pyridine rings is 2. The molecule has 0 amide bonds. The molecule has 3 aromatic carbocycles. The van der Waals surface area contributed by atoms with Crippen LogP contribution in [0.25, 0.3) is 38.1 Å². The number of hydrogen-bond acceptors (Lipinski definition) is 3. The van der Waals surface area contributed by atoms with Crippen molar-refractivity contribution in [1.29, 1.82) is 0 Å². The predicted octanol–water partition coefficient (Wildman–Crippen LogP) is 13.2. The van der Waals surface area contributed by atoms with Crippen molar-refractivity contribution in [3.63, 3.8) is 0 Å². The molecule has 282 valence electrons. The molecule has 7 atom stereocenters. The van der Waals surface area contributed by atoms with E-state index in [9.17, 15) is 0 Å². The molecule has 4 nitrogen and oxygen atoms in total. The van der Waals surface area contributed by atoms with Crippen LogP contribution in [0.1, 0.15) is 160 Å². The molecular formula is C53H50N4. The first-order chi connectivity index (χ1) is 27.7. The van der Waals surface area contributed by atoms with Gasteiger partial charge in [-0.3, -0.25) is 9.97 Å². The van der Waals surface area contributed by atoms with E-state index < -0.39 is 0 Å². The van der Waals surface area contributed by atoms with Crippen molar-refractivity contribution in [2.24, 2.45) is 29.1 Å². The number of aromatic nitrogens is 3. The average Bonchev–Trinajstić information content (AvgIpc) is 3.84. The highest BCUT2D eigenvalue weighted by atomic mass is 15.2. The number of benzene rings is 3. The molecule has 0 radical (unpaired) electrons. The lowest BCUT2D eigenvalue weighted by Gasteiger charge is -2.50. The summed E-state index contributed by atoms with van der Waals surface area (Å²) < 4.78 is 2.76. The molecule has 0 N–H and O–H groups in total. The first-order valence-electron chi connectivity index (χ1n) is 22.8. The van der Waals surface area contributed by atoms with E-state index in [1.54, 1.807) is 43.8 Å². The average molecular weight is 743 g/mol. The summed E-state index contributed by atoms with van der Waals surface area (Å²) in [6, 6.07) is 18.8. The quantitative estimate of drug-likeness (QED) is 0.155. The van der Waals surface area contributed by atoms with E-state index in [-0.39, 0.29) is 10.8 Å². The molecule has 7 unspecified atom stereocenters. The maximum atomic E-state index is 5.69. The standard InChI is InChI=1S/C53H50N4/c1-51(2)33-9-5-7-11-35(33)56-36-12-8-6-10-34(36)52(3,4)46-44-42-38(24-55-48-30-19-32-20-31-18-29(40(42)48)21-53(31,32)22-30)57-37-23-54-47-28-16-25-13-26(17-28)15-27(14-25)39(47)41(37)43(49(44)57)45(51)50(46)56/h5-12,23-32H,13-22H2,1-4H3. The van der Waals surface area contributed by atoms with Gasteiger partial charge in [-0.2, -0.15) is 0 Å². The Bertz CT molecular complexity index is 3050. The summed E-state index contributed by atoms with van der Waals surface area (Å²) in [5, 5.41) is 6.21. The van der Waals surface area contributed by atoms with Gasteiger partial charge in [-0.1, -0.05) is 64.1 Å². The predicted molar refractivity (Wildman–Crippen MR) is 229 cm³/mol. The summed E-state index contributed by atoms with van der Waals surface area (Å²) in [6.45, 7) is 10.2. The number of nitrogens with zero attached hydrogens (tertiary/aromatic N) is 4. The Morgan fingerprint density at radius 1 is 0.544 bits per heavy atom. The zero-order valence-electron chi connectivity index (χ0n) is 33.8. The lowest BCUT2D eigenvalue weighted by Crippen LogP contribution is -2.41. The van der Waals surface area contributed by atoms with Gasteiger partial charge in [-0.25, -0.2) is 0 Å². The van der Waals surface area contributed by atoms with Gasteiger partial charge in [0.1, 0.15) is 0 Å². The van der Waals surface area contributed by atoms with Crippen LogP contribution in [0.4, 0.5) is 17.1 Å². The second kappa shape index (κ2) is 9.22. The molecule has 10 aliphatic rings. The van der Waals surface area contributed by atoms with E-state index in [2.05, 4.69) is 97.9 Å². The number of rotatable bonds is 0. The normalized spacial score (nSPS) is 34.6. The van der Waals surface area contributed by atoms with Gasteiger partial charge < -0.3 is 9.30 Å². The summed E-state index contributed by atoms with van der Waals surface area (Å²) in [4.78, 5) is 14.1. The van der Waals surface area contributed by atoms with Gasteiger partial charge in [0.15, 0.2) is 0 Å². The molecular weight excluding hydrogens is 693 g/mol. The molecule has 17 rings (SSSR count). The Kier molecular flexibility index (Phi) is 4.95. The van der Waals surface area contributed by atoms with Crippen LogP contribution >= 0.6 is 0 Å². The highest BCUT2D eigenvalue weighted by Gasteiger charge is 2.66. The minimum atomic E-state index is -0.211. The van der Waals surface area contributed by atoms with Gasteiger partial charge in [0.05, 0.1) is 46.0 Å². The lowest BCUT2D eigenvalue weighted by molar-refractivity contribution is 0.00321.